The van der Waals surface area contributed by atoms with Crippen LogP contribution in [0.25, 0.3) is 5.65 Å². The third-order valence-corrected chi connectivity index (χ3v) is 5.18. The van der Waals surface area contributed by atoms with Crippen LogP contribution in [0.15, 0.2) is 12.5 Å². The molecule has 0 aromatic carbocycles. The van der Waals surface area contributed by atoms with Gasteiger partial charge in [-0.25, -0.2) is 18.7 Å². The van der Waals surface area contributed by atoms with E-state index in [1.807, 2.05) is 0 Å². The molecule has 0 aliphatic rings. The van der Waals surface area contributed by atoms with Crippen LogP contribution in [0.3, 0.4) is 0 Å². The number of hydrogen-bond donors (Lipinski definition) is 1. The Morgan fingerprint density at radius 3 is 2.58 bits per heavy atom. The first-order valence-corrected chi connectivity index (χ1v) is 9.82. The van der Waals surface area contributed by atoms with E-state index in [0.29, 0.717) is 11.2 Å². The summed E-state index contributed by atoms with van der Waals surface area (Å²) in [6.45, 7) is 3.63. The molecule has 2 rings (SSSR count). The molecule has 0 spiro atoms. The second-order valence-electron chi connectivity index (χ2n) is 5.33. The van der Waals surface area contributed by atoms with Crippen molar-refractivity contribution in [1.29, 1.82) is 0 Å². The van der Waals surface area contributed by atoms with Crippen molar-refractivity contribution in [2.24, 2.45) is 0 Å². The van der Waals surface area contributed by atoms with Crippen LogP contribution in [-0.2, 0) is 24.8 Å². The van der Waals surface area contributed by atoms with Gasteiger partial charge in [0.05, 0.1) is 25.5 Å². The summed E-state index contributed by atoms with van der Waals surface area (Å²) in [5.41, 5.74) is 6.66. The summed E-state index contributed by atoms with van der Waals surface area (Å²) in [7, 11) is -3.50. The molecule has 2 aromatic rings. The summed E-state index contributed by atoms with van der Waals surface area (Å²) in [5.74, 6) is 0.129. The first-order chi connectivity index (χ1) is 12.4. The molecule has 0 fully saturated rings. The highest BCUT2D eigenvalue weighted by Crippen LogP contribution is 2.48. The number of anilines is 1. The zero-order valence-corrected chi connectivity index (χ0v) is 15.4. The molecule has 2 N–H and O–H groups in total. The second-order valence-corrected chi connectivity index (χ2v) is 7.33. The number of halogens is 2. The zero-order chi connectivity index (χ0) is 19.2. The number of nitrogens with two attached hydrogens (primary N) is 1. The molecular weight excluding hydrogens is 371 g/mol. The third-order valence-electron chi connectivity index (χ3n) is 3.41. The summed E-state index contributed by atoms with van der Waals surface area (Å²) in [5, 5.41) is 4.04. The molecule has 0 bridgehead atoms. The van der Waals surface area contributed by atoms with Crippen molar-refractivity contribution in [3.63, 3.8) is 0 Å². The number of fused-ring (bicyclic) bond motifs is 1. The fraction of sp³-hybridized carbons (Fsp3) is 0.643. The first kappa shape index (κ1) is 20.6. The van der Waals surface area contributed by atoms with Gasteiger partial charge in [0.25, 0.3) is 0 Å². The zero-order valence-electron chi connectivity index (χ0n) is 14.5. The molecule has 26 heavy (non-hydrogen) atoms. The normalized spacial score (nSPS) is 13.6. The van der Waals surface area contributed by atoms with Crippen LogP contribution in [0.5, 0.6) is 0 Å². The predicted molar refractivity (Wildman–Crippen MR) is 90.1 cm³/mol. The maximum Gasteiger partial charge on any atom is 0.356 e. The molecule has 146 valence electrons. The number of rotatable bonds is 11. The van der Waals surface area contributed by atoms with E-state index in [-0.39, 0.29) is 25.6 Å². The van der Waals surface area contributed by atoms with Gasteiger partial charge in [0.15, 0.2) is 5.65 Å². The standard InChI is InChI=1S/C14H22F2N5O4P/c1-3-24-26(22,25-4-2)9-23-11(6-12(15)16)5-10-7-20-21-13(10)18-8-19-14(21)17/h7-8,11-12H,3-6,9H2,1-2H3,(H2,17,18,19). The van der Waals surface area contributed by atoms with Crippen LogP contribution in [0.1, 0.15) is 25.8 Å². The van der Waals surface area contributed by atoms with Crippen molar-refractivity contribution < 1.29 is 27.1 Å². The van der Waals surface area contributed by atoms with Crippen molar-refractivity contribution in [2.75, 3.05) is 25.3 Å². The lowest BCUT2D eigenvalue weighted by Gasteiger charge is -2.21. The van der Waals surface area contributed by atoms with Gasteiger partial charge in [-0.1, -0.05) is 0 Å². The molecule has 0 saturated carbocycles. The van der Waals surface area contributed by atoms with Gasteiger partial charge in [-0.2, -0.15) is 9.61 Å². The second kappa shape index (κ2) is 9.31. The molecule has 12 heteroatoms. The van der Waals surface area contributed by atoms with E-state index in [2.05, 4.69) is 15.1 Å². The monoisotopic (exact) mass is 393 g/mol. The minimum Gasteiger partial charge on any atom is -0.368 e. The molecule has 2 heterocycles. The minimum absolute atomic E-state index is 0.0859. The fourth-order valence-electron chi connectivity index (χ4n) is 2.38. The van der Waals surface area contributed by atoms with E-state index >= 15 is 0 Å². The largest absolute Gasteiger partial charge is 0.368 e. The van der Waals surface area contributed by atoms with E-state index in [0.717, 1.165) is 0 Å². The number of aromatic nitrogens is 4. The maximum absolute atomic E-state index is 12.9. The summed E-state index contributed by atoms with van der Waals surface area (Å²) < 4.78 is 55.3. The number of alkyl halides is 2. The molecule has 1 atom stereocenters. The Labute approximate surface area is 149 Å². The molecule has 9 nitrogen and oxygen atoms in total. The van der Waals surface area contributed by atoms with Crippen LogP contribution in [-0.4, -0.2) is 51.7 Å². The SMILES string of the molecule is CCOP(=O)(COC(Cc1cnn2c(N)ncnc12)CC(F)F)OCC. The summed E-state index contributed by atoms with van der Waals surface area (Å²) >= 11 is 0. The fourth-order valence-corrected chi connectivity index (χ4v) is 3.78. The van der Waals surface area contributed by atoms with E-state index in [1.54, 1.807) is 13.8 Å². The molecule has 2 aromatic heterocycles. The third kappa shape index (κ3) is 5.41. The van der Waals surface area contributed by atoms with Crippen LogP contribution >= 0.6 is 7.60 Å². The molecule has 0 aliphatic carbocycles. The van der Waals surface area contributed by atoms with Gasteiger partial charge >= 0.3 is 7.60 Å². The van der Waals surface area contributed by atoms with Crippen molar-refractivity contribution in [3.05, 3.63) is 18.1 Å². The van der Waals surface area contributed by atoms with Gasteiger partial charge in [-0.3, -0.25) is 4.57 Å². The Kier molecular flexibility index (Phi) is 7.39. The molecule has 0 saturated heterocycles. The Bertz CT molecular complexity index is 750. The Morgan fingerprint density at radius 2 is 1.96 bits per heavy atom. The van der Waals surface area contributed by atoms with Crippen molar-refractivity contribution in [2.45, 2.75) is 39.2 Å². The average Bonchev–Trinajstić information content (AvgIpc) is 2.97. The Balaban J connectivity index is 2.13. The Hall–Kier alpha value is -1.68. The van der Waals surface area contributed by atoms with Crippen LogP contribution < -0.4 is 5.73 Å². The quantitative estimate of drug-likeness (QED) is 0.579. The van der Waals surface area contributed by atoms with Crippen LogP contribution in [0.2, 0.25) is 0 Å². The highest BCUT2D eigenvalue weighted by atomic mass is 31.2. The van der Waals surface area contributed by atoms with Crippen molar-refractivity contribution in [1.82, 2.24) is 19.6 Å². The van der Waals surface area contributed by atoms with E-state index in [1.165, 1.54) is 17.0 Å². The maximum atomic E-state index is 12.9. The highest BCUT2D eigenvalue weighted by molar-refractivity contribution is 7.53. The number of hydrogen-bond acceptors (Lipinski definition) is 8. The highest BCUT2D eigenvalue weighted by Gasteiger charge is 2.28. The lowest BCUT2D eigenvalue weighted by atomic mass is 10.1. The molecule has 1 unspecified atom stereocenters. The molecule has 0 amide bonds. The summed E-state index contributed by atoms with van der Waals surface area (Å²) in [6, 6.07) is 0. The average molecular weight is 393 g/mol. The number of nitrogens with zero attached hydrogens (tertiary/aromatic N) is 4. The van der Waals surface area contributed by atoms with Crippen molar-refractivity contribution in [3.8, 4) is 0 Å². The van der Waals surface area contributed by atoms with Crippen LogP contribution in [0.4, 0.5) is 14.7 Å². The van der Waals surface area contributed by atoms with Crippen molar-refractivity contribution >= 4 is 19.2 Å². The lowest BCUT2D eigenvalue weighted by molar-refractivity contribution is 0.0143. The molecule has 0 radical (unpaired) electrons. The first-order valence-electron chi connectivity index (χ1n) is 8.09. The van der Waals surface area contributed by atoms with Gasteiger partial charge in [0.2, 0.25) is 12.4 Å². The topological polar surface area (TPSA) is 114 Å². The predicted octanol–water partition coefficient (Wildman–Crippen LogP) is 2.51. The number of nitrogen functional groups attached to an aromatic ring is 1. The Morgan fingerprint density at radius 1 is 1.27 bits per heavy atom. The summed E-state index contributed by atoms with van der Waals surface area (Å²) in [6.07, 6.45) is -1.67. The van der Waals surface area contributed by atoms with Crippen LogP contribution in [0, 0.1) is 0 Å². The van der Waals surface area contributed by atoms with Gasteiger partial charge in [0.1, 0.15) is 12.7 Å². The number of ether oxygens (including phenoxy) is 1. The van der Waals surface area contributed by atoms with E-state index in [4.69, 9.17) is 19.5 Å². The van der Waals surface area contributed by atoms with Gasteiger partial charge in [-0.15, -0.1) is 0 Å². The smallest absolute Gasteiger partial charge is 0.356 e. The van der Waals surface area contributed by atoms with Gasteiger partial charge in [-0.05, 0) is 13.8 Å². The minimum atomic E-state index is -3.50. The van der Waals surface area contributed by atoms with E-state index in [9.17, 15) is 13.3 Å². The van der Waals surface area contributed by atoms with Gasteiger partial charge < -0.3 is 19.5 Å². The lowest BCUT2D eigenvalue weighted by Crippen LogP contribution is -2.21. The van der Waals surface area contributed by atoms with E-state index < -0.39 is 32.9 Å². The summed E-state index contributed by atoms with van der Waals surface area (Å²) in [4.78, 5) is 7.87. The molecular formula is C14H22F2N5O4P. The van der Waals surface area contributed by atoms with Gasteiger partial charge in [0, 0.05) is 18.4 Å². The molecule has 0 aliphatic heterocycles.